The average molecular weight is 665 g/mol. The number of hydrogen-bond acceptors (Lipinski definition) is 5. The van der Waals surface area contributed by atoms with Crippen molar-refractivity contribution >= 4 is 41.5 Å². The molecular formula is C40H42O5P2. The maximum absolute atomic E-state index is 14.3. The van der Waals surface area contributed by atoms with Crippen LogP contribution in [0.3, 0.4) is 0 Å². The van der Waals surface area contributed by atoms with E-state index in [1.165, 1.54) is 7.11 Å². The van der Waals surface area contributed by atoms with Gasteiger partial charge in [-0.15, -0.1) is 0 Å². The van der Waals surface area contributed by atoms with Crippen LogP contribution in [-0.2, 0) is 13.7 Å². The van der Waals surface area contributed by atoms with Gasteiger partial charge in [-0.05, 0) is 94.0 Å². The van der Waals surface area contributed by atoms with Crippen LogP contribution in [0.5, 0.6) is 0 Å². The fraction of sp³-hybridized carbons (Fsp3) is 0.200. The predicted molar refractivity (Wildman–Crippen MR) is 195 cm³/mol. The maximum atomic E-state index is 14.3. The monoisotopic (exact) mass is 664 g/mol. The lowest BCUT2D eigenvalue weighted by Crippen LogP contribution is -2.24. The molecule has 0 spiro atoms. The Bertz CT molecular complexity index is 1920. The summed E-state index contributed by atoms with van der Waals surface area (Å²) in [7, 11) is -5.72. The molecule has 1 atom stereocenters. The summed E-state index contributed by atoms with van der Waals surface area (Å²) >= 11 is 0. The van der Waals surface area contributed by atoms with E-state index in [4.69, 9.17) is 4.52 Å². The van der Waals surface area contributed by atoms with E-state index in [1.807, 2.05) is 103 Å². The molecule has 0 saturated carbocycles. The van der Waals surface area contributed by atoms with Gasteiger partial charge in [0.1, 0.15) is 0 Å². The highest BCUT2D eigenvalue weighted by Gasteiger charge is 2.39. The molecular weight excluding hydrogens is 622 g/mol. The number of carbonyl (C=O) groups is 2. The highest BCUT2D eigenvalue weighted by Crippen LogP contribution is 2.50. The van der Waals surface area contributed by atoms with Crippen molar-refractivity contribution in [2.75, 3.05) is 7.11 Å². The van der Waals surface area contributed by atoms with Gasteiger partial charge in [-0.3, -0.25) is 14.2 Å². The molecule has 0 bridgehead atoms. The van der Waals surface area contributed by atoms with Crippen molar-refractivity contribution in [3.8, 4) is 0 Å². The summed E-state index contributed by atoms with van der Waals surface area (Å²) in [5.74, 6) is 0. The van der Waals surface area contributed by atoms with Crippen molar-refractivity contribution in [3.05, 3.63) is 159 Å². The first-order valence-electron chi connectivity index (χ1n) is 15.4. The first-order chi connectivity index (χ1) is 22.3. The van der Waals surface area contributed by atoms with Crippen LogP contribution in [0, 0.1) is 48.5 Å². The van der Waals surface area contributed by atoms with Crippen molar-refractivity contribution in [1.82, 2.24) is 0 Å². The van der Waals surface area contributed by atoms with E-state index in [9.17, 15) is 18.7 Å². The van der Waals surface area contributed by atoms with Gasteiger partial charge >= 0.3 is 7.37 Å². The van der Waals surface area contributed by atoms with E-state index in [2.05, 4.69) is 6.07 Å². The molecule has 0 aliphatic rings. The summed E-state index contributed by atoms with van der Waals surface area (Å²) in [6, 6.07) is 32.8. The van der Waals surface area contributed by atoms with Crippen LogP contribution in [-0.4, -0.2) is 18.2 Å². The Labute approximate surface area is 278 Å². The molecule has 1 unspecified atom stereocenters. The third-order valence-corrected chi connectivity index (χ3v) is 13.7. The van der Waals surface area contributed by atoms with Gasteiger partial charge in [0.05, 0.1) is 0 Å². The molecule has 0 N–H and O–H groups in total. The molecule has 5 aromatic carbocycles. The SMILES string of the molecule is COP(=O)(C(=O)c1c(C)cc(C)cc1C)c1ccccc1.Cc1cc(C)c(C)c(C(=O)P(=O)(c2ccccc2)c2ccccc2)c1C. The molecule has 0 aliphatic carbocycles. The normalized spacial score (nSPS) is 12.4. The summed E-state index contributed by atoms with van der Waals surface area (Å²) in [6.07, 6.45) is 0. The minimum absolute atomic E-state index is 0.281. The zero-order valence-electron chi connectivity index (χ0n) is 28.3. The zero-order chi connectivity index (χ0) is 34.5. The quantitative estimate of drug-likeness (QED) is 0.155. The topological polar surface area (TPSA) is 77.5 Å². The van der Waals surface area contributed by atoms with Gasteiger partial charge in [0.2, 0.25) is 12.7 Å². The van der Waals surface area contributed by atoms with Crippen LogP contribution in [0.4, 0.5) is 0 Å². The molecule has 0 radical (unpaired) electrons. The summed E-state index contributed by atoms with van der Waals surface area (Å²) in [6.45, 7) is 13.6. The lowest BCUT2D eigenvalue weighted by Gasteiger charge is -2.22. The van der Waals surface area contributed by atoms with Crippen LogP contribution >= 0.6 is 14.5 Å². The number of rotatable bonds is 8. The number of benzene rings is 5. The standard InChI is InChI=1S/C23H23O2P.C17H19O3P/c1-16-15-17(2)19(4)22(18(16)3)23(24)26(25,20-11-7-5-8-12-20)21-13-9-6-10-14-21;1-12-10-13(2)16(14(3)11-12)17(18)21(19,20-4)15-8-6-5-7-9-15/h5-15H,1-4H3;5-11H,1-4H3. The Hall–Kier alpha value is -4.14. The smallest absolute Gasteiger partial charge is 0.300 e. The van der Waals surface area contributed by atoms with Crippen LogP contribution in [0.25, 0.3) is 0 Å². The van der Waals surface area contributed by atoms with Gasteiger partial charge in [-0.1, -0.05) is 103 Å². The summed E-state index contributed by atoms with van der Waals surface area (Å²) in [4.78, 5) is 26.6. The minimum atomic E-state index is -3.57. The average Bonchev–Trinajstić information content (AvgIpc) is 3.07. The molecule has 0 saturated heterocycles. The second-order valence-electron chi connectivity index (χ2n) is 11.9. The van der Waals surface area contributed by atoms with Gasteiger partial charge in [-0.2, -0.15) is 0 Å². The van der Waals surface area contributed by atoms with Gasteiger partial charge in [-0.25, -0.2) is 0 Å². The number of aryl methyl sites for hydroxylation is 5. The van der Waals surface area contributed by atoms with Crippen LogP contribution < -0.4 is 15.9 Å². The van der Waals surface area contributed by atoms with Crippen LogP contribution in [0.1, 0.15) is 59.7 Å². The van der Waals surface area contributed by atoms with Gasteiger partial charge in [0.25, 0.3) is 5.52 Å². The van der Waals surface area contributed by atoms with Crippen molar-refractivity contribution in [3.63, 3.8) is 0 Å². The molecule has 0 heterocycles. The fourth-order valence-electron chi connectivity index (χ4n) is 5.95. The van der Waals surface area contributed by atoms with Gasteiger partial charge < -0.3 is 9.09 Å². The summed E-state index contributed by atoms with van der Waals surface area (Å²) in [5.41, 5.74) is 7.00. The predicted octanol–water partition coefficient (Wildman–Crippen LogP) is 9.08. The third kappa shape index (κ3) is 7.09. The third-order valence-electron chi connectivity index (χ3n) is 8.62. The van der Waals surface area contributed by atoms with E-state index in [1.54, 1.807) is 48.5 Å². The molecule has 242 valence electrons. The Kier molecular flexibility index (Phi) is 11.2. The Balaban J connectivity index is 0.000000218. The van der Waals surface area contributed by atoms with E-state index in [-0.39, 0.29) is 5.52 Å². The molecule has 0 fully saturated rings. The van der Waals surface area contributed by atoms with Crippen molar-refractivity contribution in [2.45, 2.75) is 48.5 Å². The second kappa shape index (κ2) is 14.7. The van der Waals surface area contributed by atoms with E-state index >= 15 is 0 Å². The molecule has 0 aromatic heterocycles. The molecule has 5 aromatic rings. The van der Waals surface area contributed by atoms with Crippen LogP contribution in [0.2, 0.25) is 0 Å². The first kappa shape index (κ1) is 35.7. The molecule has 7 heteroatoms. The Morgan fingerprint density at radius 3 is 1.26 bits per heavy atom. The highest BCUT2D eigenvalue weighted by molar-refractivity contribution is 7.93. The molecule has 47 heavy (non-hydrogen) atoms. The summed E-state index contributed by atoms with van der Waals surface area (Å²) < 4.78 is 32.6. The second-order valence-corrected chi connectivity index (χ2v) is 16.9. The Morgan fingerprint density at radius 1 is 0.489 bits per heavy atom. The maximum Gasteiger partial charge on any atom is 0.300 e. The minimum Gasteiger partial charge on any atom is -0.323 e. The molecule has 5 nitrogen and oxygen atoms in total. The lowest BCUT2D eigenvalue weighted by molar-refractivity contribution is 0.105. The zero-order valence-corrected chi connectivity index (χ0v) is 30.1. The Morgan fingerprint density at radius 2 is 0.872 bits per heavy atom. The first-order valence-corrected chi connectivity index (χ1v) is 18.8. The molecule has 5 rings (SSSR count). The molecule has 0 amide bonds. The lowest BCUT2D eigenvalue weighted by atomic mass is 9.95. The van der Waals surface area contributed by atoms with Gasteiger partial charge in [0, 0.05) is 34.2 Å². The van der Waals surface area contributed by atoms with Crippen LogP contribution in [0.15, 0.2) is 109 Å². The fourth-order valence-corrected chi connectivity index (χ4v) is 10.4. The number of carbonyl (C=O) groups excluding carboxylic acids is 2. The number of hydrogen-bond donors (Lipinski definition) is 0. The highest BCUT2D eigenvalue weighted by atomic mass is 31.2. The molecule has 0 aliphatic heterocycles. The van der Waals surface area contributed by atoms with Crippen molar-refractivity contribution in [2.24, 2.45) is 0 Å². The summed E-state index contributed by atoms with van der Waals surface area (Å²) in [5, 5.41) is 1.58. The van der Waals surface area contributed by atoms with Crippen molar-refractivity contribution in [1.29, 1.82) is 0 Å². The van der Waals surface area contributed by atoms with E-state index in [0.29, 0.717) is 27.0 Å². The van der Waals surface area contributed by atoms with E-state index < -0.39 is 20.0 Å². The largest absolute Gasteiger partial charge is 0.323 e. The van der Waals surface area contributed by atoms with Gasteiger partial charge in [0.15, 0.2) is 0 Å². The van der Waals surface area contributed by atoms with E-state index in [0.717, 1.165) is 38.9 Å². The van der Waals surface area contributed by atoms with Crippen molar-refractivity contribution < 1.29 is 23.2 Å².